The quantitative estimate of drug-likeness (QED) is 0.489. The van der Waals surface area contributed by atoms with Crippen LogP contribution in [0.1, 0.15) is 11.1 Å². The monoisotopic (exact) mass is 442 g/mol. The van der Waals surface area contributed by atoms with E-state index in [4.69, 9.17) is 27.9 Å². The van der Waals surface area contributed by atoms with Crippen LogP contribution < -0.4 is 11.0 Å². The maximum Gasteiger partial charge on any atom is 0.413 e. The predicted molar refractivity (Wildman–Crippen MR) is 115 cm³/mol. The van der Waals surface area contributed by atoms with Crippen LogP contribution in [-0.4, -0.2) is 20.0 Å². The number of fused-ring (bicyclic) bond motifs is 1. The van der Waals surface area contributed by atoms with Crippen molar-refractivity contribution < 1.29 is 9.53 Å². The lowest BCUT2D eigenvalue weighted by molar-refractivity contribution is 0.155. The Hall–Kier alpha value is -3.29. The largest absolute Gasteiger partial charge is 0.444 e. The lowest BCUT2D eigenvalue weighted by Crippen LogP contribution is -2.29. The first-order valence-electron chi connectivity index (χ1n) is 9.00. The van der Waals surface area contributed by atoms with Gasteiger partial charge in [0.1, 0.15) is 24.4 Å². The molecule has 152 valence electrons. The summed E-state index contributed by atoms with van der Waals surface area (Å²) in [5.74, 6) is 0.268. The Bertz CT molecular complexity index is 1270. The highest BCUT2D eigenvalue weighted by atomic mass is 35.5. The van der Waals surface area contributed by atoms with Crippen LogP contribution >= 0.6 is 23.2 Å². The summed E-state index contributed by atoms with van der Waals surface area (Å²) in [6, 6.07) is 17.7. The van der Waals surface area contributed by atoms with E-state index in [1.165, 1.54) is 15.3 Å². The molecule has 1 N–H and O–H groups in total. The Morgan fingerprint density at radius 3 is 2.57 bits per heavy atom. The molecule has 2 heterocycles. The van der Waals surface area contributed by atoms with E-state index in [-0.39, 0.29) is 24.7 Å². The number of amides is 1. The lowest BCUT2D eigenvalue weighted by atomic mass is 10.2. The zero-order valence-electron chi connectivity index (χ0n) is 15.6. The molecule has 7 nitrogen and oxygen atoms in total. The topological polar surface area (TPSA) is 77.6 Å². The number of hydrogen-bond donors (Lipinski definition) is 1. The molecule has 4 rings (SSSR count). The van der Waals surface area contributed by atoms with Gasteiger partial charge in [0.05, 0.1) is 16.6 Å². The Morgan fingerprint density at radius 2 is 1.80 bits per heavy atom. The summed E-state index contributed by atoms with van der Waals surface area (Å²) in [6.07, 6.45) is 0.774. The molecule has 0 atom stereocenters. The molecule has 0 radical (unpaired) electrons. The number of aromatic nitrogens is 3. The first-order valence-corrected chi connectivity index (χ1v) is 9.75. The van der Waals surface area contributed by atoms with Gasteiger partial charge in [-0.1, -0.05) is 59.6 Å². The van der Waals surface area contributed by atoms with Crippen LogP contribution in [0.5, 0.6) is 0 Å². The van der Waals surface area contributed by atoms with Crippen LogP contribution in [0.25, 0.3) is 5.65 Å². The van der Waals surface area contributed by atoms with Crippen LogP contribution in [0.15, 0.2) is 71.8 Å². The summed E-state index contributed by atoms with van der Waals surface area (Å²) < 4.78 is 7.94. The minimum absolute atomic E-state index is 0.121. The molecule has 4 aromatic rings. The maximum absolute atomic E-state index is 13.0. The normalized spacial score (nSPS) is 10.9. The van der Waals surface area contributed by atoms with E-state index in [9.17, 15) is 9.59 Å². The van der Waals surface area contributed by atoms with Gasteiger partial charge in [-0.3, -0.25) is 9.88 Å². The number of nitrogens with one attached hydrogen (secondary N) is 1. The van der Waals surface area contributed by atoms with E-state index in [0.29, 0.717) is 15.7 Å². The molecule has 30 heavy (non-hydrogen) atoms. The standard InChI is InChI=1S/C21H16Cl2N4O3/c22-16-7-6-15(10-17(16)23)11-26-13-24-18-8-9-19(27(18)21(26)29)25-20(28)30-12-14-4-2-1-3-5-14/h1-10,13H,11-12H2,(H,25,28). The third kappa shape index (κ3) is 4.32. The number of halogens is 2. The first-order chi connectivity index (χ1) is 14.5. The van der Waals surface area contributed by atoms with E-state index in [1.54, 1.807) is 30.3 Å². The van der Waals surface area contributed by atoms with Gasteiger partial charge in [0.15, 0.2) is 0 Å². The zero-order valence-corrected chi connectivity index (χ0v) is 17.1. The SMILES string of the molecule is O=C(Nc1ccc2ncn(Cc3ccc(Cl)c(Cl)c3)c(=O)n12)OCc1ccccc1. The van der Waals surface area contributed by atoms with E-state index < -0.39 is 6.09 Å². The van der Waals surface area contributed by atoms with Gasteiger partial charge in [-0.05, 0) is 35.4 Å². The lowest BCUT2D eigenvalue weighted by Gasteiger charge is -2.10. The highest BCUT2D eigenvalue weighted by molar-refractivity contribution is 6.42. The molecule has 0 bridgehead atoms. The fourth-order valence-electron chi connectivity index (χ4n) is 2.94. The van der Waals surface area contributed by atoms with E-state index in [0.717, 1.165) is 11.1 Å². The Kier molecular flexibility index (Phi) is 5.74. The molecule has 2 aromatic carbocycles. The molecular weight excluding hydrogens is 427 g/mol. The Balaban J connectivity index is 1.54. The predicted octanol–water partition coefficient (Wildman–Crippen LogP) is 4.60. The molecule has 1 amide bonds. The summed E-state index contributed by atoms with van der Waals surface area (Å²) in [5.41, 5.74) is 1.69. The van der Waals surface area contributed by atoms with Crippen LogP contribution in [0.2, 0.25) is 10.0 Å². The number of ether oxygens (including phenoxy) is 1. The van der Waals surface area contributed by atoms with Crippen molar-refractivity contribution in [2.45, 2.75) is 13.2 Å². The first kappa shape index (κ1) is 20.0. The smallest absolute Gasteiger partial charge is 0.413 e. The van der Waals surface area contributed by atoms with Crippen LogP contribution in [-0.2, 0) is 17.9 Å². The van der Waals surface area contributed by atoms with Crippen LogP contribution in [0.3, 0.4) is 0 Å². The fourth-order valence-corrected chi connectivity index (χ4v) is 3.26. The van der Waals surface area contributed by atoms with Gasteiger partial charge < -0.3 is 4.74 Å². The molecule has 0 aliphatic rings. The van der Waals surface area contributed by atoms with Crippen molar-refractivity contribution in [1.82, 2.24) is 14.0 Å². The van der Waals surface area contributed by atoms with Crippen molar-refractivity contribution in [2.24, 2.45) is 0 Å². The molecule has 9 heteroatoms. The summed E-state index contributed by atoms with van der Waals surface area (Å²) in [6.45, 7) is 0.366. The molecule has 2 aromatic heterocycles. The third-order valence-electron chi connectivity index (χ3n) is 4.41. The van der Waals surface area contributed by atoms with Crippen LogP contribution in [0.4, 0.5) is 10.6 Å². The highest BCUT2D eigenvalue weighted by Crippen LogP contribution is 2.22. The van der Waals surface area contributed by atoms with Crippen molar-refractivity contribution >= 4 is 40.8 Å². The average Bonchev–Trinajstić information content (AvgIpc) is 3.15. The van der Waals surface area contributed by atoms with Crippen molar-refractivity contribution in [3.63, 3.8) is 0 Å². The van der Waals surface area contributed by atoms with E-state index in [1.807, 2.05) is 30.3 Å². The molecule has 0 aliphatic carbocycles. The number of nitrogens with zero attached hydrogens (tertiary/aromatic N) is 3. The average molecular weight is 443 g/mol. The number of hydrogen-bond acceptors (Lipinski definition) is 4. The second kappa shape index (κ2) is 8.61. The minimum atomic E-state index is -0.668. The van der Waals surface area contributed by atoms with Gasteiger partial charge >= 0.3 is 11.8 Å². The molecule has 0 saturated heterocycles. The summed E-state index contributed by atoms with van der Waals surface area (Å²) in [7, 11) is 0. The number of carbonyl (C=O) groups is 1. The van der Waals surface area contributed by atoms with Gasteiger partial charge in [-0.2, -0.15) is 0 Å². The number of benzene rings is 2. The second-order valence-electron chi connectivity index (χ2n) is 6.50. The molecule has 0 unspecified atom stereocenters. The van der Waals surface area contributed by atoms with Crippen LogP contribution in [0, 0.1) is 0 Å². The van der Waals surface area contributed by atoms with E-state index >= 15 is 0 Å². The van der Waals surface area contributed by atoms with Crippen molar-refractivity contribution in [3.05, 3.63) is 98.6 Å². The minimum Gasteiger partial charge on any atom is -0.444 e. The van der Waals surface area contributed by atoms with Crippen molar-refractivity contribution in [3.8, 4) is 0 Å². The molecule has 0 fully saturated rings. The maximum atomic E-state index is 13.0. The number of anilines is 1. The molecule has 0 spiro atoms. The van der Waals surface area contributed by atoms with Gasteiger partial charge in [-0.15, -0.1) is 0 Å². The Morgan fingerprint density at radius 1 is 1.00 bits per heavy atom. The van der Waals surface area contributed by atoms with Gasteiger partial charge in [0, 0.05) is 0 Å². The molecular formula is C21H16Cl2N4O3. The second-order valence-corrected chi connectivity index (χ2v) is 7.32. The summed E-state index contributed by atoms with van der Waals surface area (Å²) in [4.78, 5) is 29.4. The van der Waals surface area contributed by atoms with Gasteiger partial charge in [-0.25, -0.2) is 19.0 Å². The van der Waals surface area contributed by atoms with Gasteiger partial charge in [0.25, 0.3) is 0 Å². The molecule has 0 aliphatic heterocycles. The van der Waals surface area contributed by atoms with Gasteiger partial charge in [0.2, 0.25) is 0 Å². The summed E-state index contributed by atoms with van der Waals surface area (Å²) >= 11 is 12.0. The fraction of sp³-hybridized carbons (Fsp3) is 0.0952. The Labute approximate surface area is 181 Å². The third-order valence-corrected chi connectivity index (χ3v) is 5.15. The summed E-state index contributed by atoms with van der Waals surface area (Å²) in [5, 5.41) is 3.43. The van der Waals surface area contributed by atoms with Crippen molar-refractivity contribution in [1.29, 1.82) is 0 Å². The van der Waals surface area contributed by atoms with Crippen molar-refractivity contribution in [2.75, 3.05) is 5.32 Å². The highest BCUT2D eigenvalue weighted by Gasteiger charge is 2.13. The van der Waals surface area contributed by atoms with E-state index in [2.05, 4.69) is 10.3 Å². The number of carbonyl (C=O) groups excluding carboxylic acids is 1. The molecule has 0 saturated carbocycles. The number of rotatable bonds is 5. The zero-order chi connectivity index (χ0) is 21.1.